The van der Waals surface area contributed by atoms with Crippen molar-refractivity contribution in [2.24, 2.45) is 5.92 Å². The lowest BCUT2D eigenvalue weighted by Crippen LogP contribution is -2.43. The van der Waals surface area contributed by atoms with E-state index in [9.17, 15) is 13.2 Å². The van der Waals surface area contributed by atoms with Crippen LogP contribution in [-0.2, 0) is 21.2 Å². The number of rotatable bonds is 7. The van der Waals surface area contributed by atoms with E-state index >= 15 is 0 Å². The molecular formula is C23H27ClN2O6S. The number of hydrogen-bond donors (Lipinski definition) is 1. The van der Waals surface area contributed by atoms with Gasteiger partial charge in [-0.05, 0) is 61.2 Å². The zero-order valence-corrected chi connectivity index (χ0v) is 20.0. The summed E-state index contributed by atoms with van der Waals surface area (Å²) >= 11 is 6.27. The van der Waals surface area contributed by atoms with Crippen LogP contribution in [0.2, 0.25) is 5.02 Å². The highest BCUT2D eigenvalue weighted by atomic mass is 35.5. The van der Waals surface area contributed by atoms with Gasteiger partial charge in [0.25, 0.3) is 0 Å². The van der Waals surface area contributed by atoms with Gasteiger partial charge >= 0.3 is 0 Å². The van der Waals surface area contributed by atoms with Gasteiger partial charge in [-0.2, -0.15) is 4.31 Å². The second-order valence-electron chi connectivity index (χ2n) is 8.00. The molecule has 0 atom stereocenters. The maximum Gasteiger partial charge on any atom is 0.243 e. The number of amides is 1. The number of nitrogens with zero attached hydrogens (tertiary/aromatic N) is 1. The number of hydrogen-bond acceptors (Lipinski definition) is 6. The first-order valence-corrected chi connectivity index (χ1v) is 12.7. The van der Waals surface area contributed by atoms with Crippen molar-refractivity contribution in [1.29, 1.82) is 0 Å². The van der Waals surface area contributed by atoms with Gasteiger partial charge in [0.15, 0.2) is 11.5 Å². The second-order valence-corrected chi connectivity index (χ2v) is 10.3. The first-order valence-electron chi connectivity index (χ1n) is 10.9. The Balaban J connectivity index is 1.27. The second kappa shape index (κ2) is 10.2. The van der Waals surface area contributed by atoms with E-state index in [4.69, 9.17) is 25.8 Å². The van der Waals surface area contributed by atoms with Gasteiger partial charge in [-0.1, -0.05) is 11.6 Å². The number of piperidine rings is 1. The number of carbonyl (C=O) groups is 1. The Bertz CT molecular complexity index is 1100. The van der Waals surface area contributed by atoms with E-state index in [0.29, 0.717) is 74.4 Å². The Kier molecular flexibility index (Phi) is 7.31. The van der Waals surface area contributed by atoms with Crippen molar-refractivity contribution in [2.75, 3.05) is 40.0 Å². The molecular weight excluding hydrogens is 468 g/mol. The van der Waals surface area contributed by atoms with Gasteiger partial charge in [-0.25, -0.2) is 8.42 Å². The topological polar surface area (TPSA) is 94.2 Å². The van der Waals surface area contributed by atoms with E-state index in [0.717, 1.165) is 5.56 Å². The molecule has 1 saturated heterocycles. The van der Waals surface area contributed by atoms with Crippen LogP contribution >= 0.6 is 11.6 Å². The fourth-order valence-electron chi connectivity index (χ4n) is 4.04. The minimum absolute atomic E-state index is 0.0554. The molecule has 10 heteroatoms. The quantitative estimate of drug-likeness (QED) is 0.636. The largest absolute Gasteiger partial charge is 0.497 e. The third-order valence-corrected chi connectivity index (χ3v) is 8.09. The standard InChI is InChI=1S/C23H27ClN2O6S/c1-30-18-2-4-19(5-3-18)33(28,29)26-10-7-17(8-11-26)23(27)25-9-6-16-14-20(24)22-21(15-16)31-12-13-32-22/h2-5,14-15,17H,6-13H2,1H3,(H,25,27). The molecule has 1 amide bonds. The van der Waals surface area contributed by atoms with Crippen LogP contribution in [0, 0.1) is 5.92 Å². The van der Waals surface area contributed by atoms with Gasteiger partial charge in [0.1, 0.15) is 19.0 Å². The van der Waals surface area contributed by atoms with Crippen LogP contribution in [0.15, 0.2) is 41.3 Å². The first-order chi connectivity index (χ1) is 15.9. The van der Waals surface area contributed by atoms with Crippen molar-refractivity contribution in [3.8, 4) is 17.2 Å². The van der Waals surface area contributed by atoms with Gasteiger partial charge in [-0.3, -0.25) is 4.79 Å². The molecule has 178 valence electrons. The van der Waals surface area contributed by atoms with E-state index in [1.54, 1.807) is 12.1 Å². The highest BCUT2D eigenvalue weighted by Gasteiger charge is 2.32. The molecule has 1 N–H and O–H groups in total. The fourth-order valence-corrected chi connectivity index (χ4v) is 5.80. The number of sulfonamides is 1. The van der Waals surface area contributed by atoms with Crippen molar-refractivity contribution in [2.45, 2.75) is 24.2 Å². The van der Waals surface area contributed by atoms with E-state index < -0.39 is 10.0 Å². The maximum absolute atomic E-state index is 12.9. The van der Waals surface area contributed by atoms with Gasteiger partial charge in [0.05, 0.1) is 17.0 Å². The zero-order chi connectivity index (χ0) is 23.4. The monoisotopic (exact) mass is 494 g/mol. The lowest BCUT2D eigenvalue weighted by atomic mass is 9.97. The van der Waals surface area contributed by atoms with Crippen LogP contribution in [-0.4, -0.2) is 58.6 Å². The van der Waals surface area contributed by atoms with Crippen molar-refractivity contribution in [1.82, 2.24) is 9.62 Å². The minimum Gasteiger partial charge on any atom is -0.497 e. The number of nitrogens with one attached hydrogen (secondary N) is 1. The van der Waals surface area contributed by atoms with Crippen LogP contribution in [0.1, 0.15) is 18.4 Å². The van der Waals surface area contributed by atoms with E-state index in [1.807, 2.05) is 12.1 Å². The summed E-state index contributed by atoms with van der Waals surface area (Å²) in [4.78, 5) is 12.8. The minimum atomic E-state index is -3.59. The summed E-state index contributed by atoms with van der Waals surface area (Å²) in [6.07, 6.45) is 1.57. The van der Waals surface area contributed by atoms with Crippen molar-refractivity contribution >= 4 is 27.5 Å². The summed E-state index contributed by atoms with van der Waals surface area (Å²) in [5, 5.41) is 3.46. The summed E-state index contributed by atoms with van der Waals surface area (Å²) in [6, 6.07) is 10.0. The van der Waals surface area contributed by atoms with Crippen molar-refractivity contribution < 1.29 is 27.4 Å². The molecule has 0 radical (unpaired) electrons. The van der Waals surface area contributed by atoms with Crippen LogP contribution in [0.25, 0.3) is 0 Å². The number of methoxy groups -OCH3 is 1. The molecule has 8 nitrogen and oxygen atoms in total. The molecule has 4 rings (SSSR count). The van der Waals surface area contributed by atoms with Crippen LogP contribution in [0.4, 0.5) is 0 Å². The number of ether oxygens (including phenoxy) is 3. The zero-order valence-electron chi connectivity index (χ0n) is 18.4. The lowest BCUT2D eigenvalue weighted by Gasteiger charge is -2.30. The summed E-state index contributed by atoms with van der Waals surface area (Å²) in [5.41, 5.74) is 0.949. The summed E-state index contributed by atoms with van der Waals surface area (Å²) < 4.78 is 43.4. The molecule has 2 aromatic carbocycles. The smallest absolute Gasteiger partial charge is 0.243 e. The van der Waals surface area contributed by atoms with E-state index in [-0.39, 0.29) is 16.7 Å². The molecule has 0 aliphatic carbocycles. The normalized spacial score (nSPS) is 16.9. The van der Waals surface area contributed by atoms with Crippen LogP contribution in [0.5, 0.6) is 17.2 Å². The third-order valence-electron chi connectivity index (χ3n) is 5.89. The van der Waals surface area contributed by atoms with Crippen LogP contribution < -0.4 is 19.5 Å². The lowest BCUT2D eigenvalue weighted by molar-refractivity contribution is -0.126. The maximum atomic E-state index is 12.9. The average molecular weight is 495 g/mol. The number of benzene rings is 2. The SMILES string of the molecule is COc1ccc(S(=O)(=O)N2CCC(C(=O)NCCc3cc(Cl)c4c(c3)OCCO4)CC2)cc1. The van der Waals surface area contributed by atoms with E-state index in [1.165, 1.54) is 23.5 Å². The predicted molar refractivity (Wildman–Crippen MR) is 124 cm³/mol. The fraction of sp³-hybridized carbons (Fsp3) is 0.435. The molecule has 2 aliphatic heterocycles. The molecule has 2 heterocycles. The molecule has 0 spiro atoms. The van der Waals surface area contributed by atoms with Gasteiger partial charge < -0.3 is 19.5 Å². The Morgan fingerprint density at radius 3 is 2.55 bits per heavy atom. The molecule has 2 aromatic rings. The summed E-state index contributed by atoms with van der Waals surface area (Å²) in [6.45, 7) is 2.03. The Labute approximate surface area is 198 Å². The molecule has 0 aromatic heterocycles. The van der Waals surface area contributed by atoms with Gasteiger partial charge in [0, 0.05) is 25.6 Å². The van der Waals surface area contributed by atoms with Crippen LogP contribution in [0.3, 0.4) is 0 Å². The summed E-state index contributed by atoms with van der Waals surface area (Å²) in [5.74, 6) is 1.52. The van der Waals surface area contributed by atoms with E-state index in [2.05, 4.69) is 5.32 Å². The van der Waals surface area contributed by atoms with Crippen molar-refractivity contribution in [3.63, 3.8) is 0 Å². The Hall–Kier alpha value is -2.49. The molecule has 1 fully saturated rings. The highest BCUT2D eigenvalue weighted by molar-refractivity contribution is 7.89. The predicted octanol–water partition coefficient (Wildman–Crippen LogP) is 2.88. The Morgan fingerprint density at radius 2 is 1.85 bits per heavy atom. The number of fused-ring (bicyclic) bond motifs is 1. The van der Waals surface area contributed by atoms with Gasteiger partial charge in [-0.15, -0.1) is 0 Å². The number of carbonyl (C=O) groups excluding carboxylic acids is 1. The first kappa shape index (κ1) is 23.7. The molecule has 2 aliphatic rings. The highest BCUT2D eigenvalue weighted by Crippen LogP contribution is 2.38. The number of halogens is 1. The molecule has 0 unspecified atom stereocenters. The average Bonchev–Trinajstić information content (AvgIpc) is 2.84. The van der Waals surface area contributed by atoms with Crippen molar-refractivity contribution in [3.05, 3.63) is 47.0 Å². The molecule has 0 bridgehead atoms. The Morgan fingerprint density at radius 1 is 1.15 bits per heavy atom. The molecule has 0 saturated carbocycles. The van der Waals surface area contributed by atoms with Gasteiger partial charge in [0.2, 0.25) is 15.9 Å². The molecule has 33 heavy (non-hydrogen) atoms. The third kappa shape index (κ3) is 5.37. The summed E-state index contributed by atoms with van der Waals surface area (Å²) in [7, 11) is -2.06.